The maximum atomic E-state index is 11.1. The number of likely N-dealkylation sites (N-methyl/N-ethyl adjacent to an activating group) is 1. The van der Waals surface area contributed by atoms with Crippen LogP contribution in [0.15, 0.2) is 0 Å². The Bertz CT molecular complexity index is 248. The van der Waals surface area contributed by atoms with Crippen molar-refractivity contribution in [2.24, 2.45) is 0 Å². The lowest BCUT2D eigenvalue weighted by Crippen LogP contribution is -2.51. The van der Waals surface area contributed by atoms with Crippen molar-refractivity contribution in [1.82, 2.24) is 4.81 Å². The molecule has 12 heavy (non-hydrogen) atoms. The topological polar surface area (TPSA) is 66.8 Å². The van der Waals surface area contributed by atoms with Crippen LogP contribution in [0.3, 0.4) is 0 Å². The van der Waals surface area contributed by atoms with Crippen LogP contribution in [0.4, 0.5) is 0 Å². The van der Waals surface area contributed by atoms with E-state index in [2.05, 4.69) is 4.65 Å². The lowest BCUT2D eigenvalue weighted by atomic mass is 9.98. The average Bonchev–Trinajstić information content (AvgIpc) is 2.16. The first-order chi connectivity index (χ1) is 5.40. The summed E-state index contributed by atoms with van der Waals surface area (Å²) in [6, 6.07) is 0. The molecule has 0 aliphatic carbocycles. The molecule has 0 bridgehead atoms. The molecule has 66 valence electrons. The fourth-order valence-corrected chi connectivity index (χ4v) is 1.47. The summed E-state index contributed by atoms with van der Waals surface area (Å²) in [4.78, 5) is 23.4. The van der Waals surface area contributed by atoms with E-state index >= 15 is 0 Å². The van der Waals surface area contributed by atoms with E-state index in [0.29, 0.717) is 0 Å². The number of carbonyl (C=O) groups excluding carboxylic acids is 2. The van der Waals surface area contributed by atoms with Crippen molar-refractivity contribution in [2.75, 3.05) is 7.05 Å². The van der Waals surface area contributed by atoms with Gasteiger partial charge in [-0.15, -0.1) is 0 Å². The minimum atomic E-state index is -1.35. The number of rotatable bonds is 1. The monoisotopic (exact) mass is 283 g/mol. The minimum Gasteiger partial charge on any atom is -0.494 e. The molecule has 1 saturated heterocycles. The minimum absolute atomic E-state index is 0.371. The third-order valence-corrected chi connectivity index (χ3v) is 3.08. The molecule has 1 heterocycles. The molecule has 0 aromatic carbocycles. The Morgan fingerprint density at radius 3 is 2.50 bits per heavy atom. The summed E-state index contributed by atoms with van der Waals surface area (Å²) < 4.78 is 4.10. The number of nitrogens with zero attached hydrogens (tertiary/aromatic N) is 1. The van der Waals surface area contributed by atoms with Gasteiger partial charge >= 0.3 is 13.2 Å². The zero-order chi connectivity index (χ0) is 9.52. The van der Waals surface area contributed by atoms with E-state index in [1.165, 1.54) is 41.4 Å². The second-order valence-electron chi connectivity index (χ2n) is 2.69. The van der Waals surface area contributed by atoms with E-state index in [1.807, 2.05) is 0 Å². The Morgan fingerprint density at radius 1 is 1.83 bits per heavy atom. The third kappa shape index (κ3) is 1.16. The molecule has 0 radical (unpaired) electrons. The average molecular weight is 283 g/mol. The highest BCUT2D eigenvalue weighted by Gasteiger charge is 2.57. The van der Waals surface area contributed by atoms with Crippen LogP contribution in [0.25, 0.3) is 0 Å². The first-order valence-corrected chi connectivity index (χ1v) is 4.30. The summed E-state index contributed by atoms with van der Waals surface area (Å²) in [5.74, 6) is -0.711. The first kappa shape index (κ1) is 9.94. The van der Waals surface area contributed by atoms with Crippen molar-refractivity contribution < 1.29 is 19.3 Å². The fourth-order valence-electron chi connectivity index (χ4n) is 0.873. The lowest BCUT2D eigenvalue weighted by Gasteiger charge is -2.22. The van der Waals surface area contributed by atoms with Gasteiger partial charge < -0.3 is 9.68 Å². The van der Waals surface area contributed by atoms with Crippen molar-refractivity contribution in [3.63, 3.8) is 0 Å². The summed E-state index contributed by atoms with van der Waals surface area (Å²) in [5.41, 5.74) is -1.35. The van der Waals surface area contributed by atoms with E-state index < -0.39 is 18.8 Å². The van der Waals surface area contributed by atoms with Crippen LogP contribution in [0, 0.1) is 0 Å². The molecule has 0 aromatic rings. The molecule has 1 aliphatic heterocycles. The zero-order valence-electron chi connectivity index (χ0n) is 6.57. The van der Waals surface area contributed by atoms with Crippen LogP contribution in [0.5, 0.6) is 0 Å². The summed E-state index contributed by atoms with van der Waals surface area (Å²) in [7, 11) is 0.132. The molecule has 0 aromatic heterocycles. The van der Waals surface area contributed by atoms with Gasteiger partial charge in [-0.1, -0.05) is 0 Å². The quantitative estimate of drug-likeness (QED) is 0.294. The van der Waals surface area contributed by atoms with Crippen LogP contribution < -0.4 is 0 Å². The summed E-state index contributed by atoms with van der Waals surface area (Å²) >= 11 is 1.51. The third-order valence-electron chi connectivity index (χ3n) is 2.03. The van der Waals surface area contributed by atoms with Gasteiger partial charge in [0, 0.05) is 22.6 Å². The molecule has 5 nitrogen and oxygen atoms in total. The van der Waals surface area contributed by atoms with Gasteiger partial charge in [-0.25, -0.2) is 0 Å². The lowest BCUT2D eigenvalue weighted by molar-refractivity contribution is -0.142. The Kier molecular flexibility index (Phi) is 2.46. The Morgan fingerprint density at radius 2 is 2.33 bits per heavy atom. The standard InChI is InChI=1S/C5H7BINO4/c1-5(3(7)9)4(10)12-6(11)8(5)2/h11H,1-2H3. The molecule has 7 heteroatoms. The molecule has 1 aliphatic rings. The number of halogens is 1. The van der Waals surface area contributed by atoms with Crippen molar-refractivity contribution in [1.29, 1.82) is 0 Å². The number of hydrogen-bond acceptors (Lipinski definition) is 5. The second-order valence-corrected chi connectivity index (χ2v) is 3.67. The van der Waals surface area contributed by atoms with Crippen LogP contribution in [-0.2, 0) is 14.2 Å². The molecule has 1 unspecified atom stereocenters. The predicted octanol–water partition coefficient (Wildman–Crippen LogP) is -0.828. The highest BCUT2D eigenvalue weighted by atomic mass is 127. The molecule has 0 spiro atoms. The molecule has 1 rings (SSSR count). The van der Waals surface area contributed by atoms with Crippen molar-refractivity contribution >= 4 is 39.6 Å². The Balaban J connectivity index is 3.04. The SMILES string of the molecule is CN1B(O)OC(=O)C1(C)C(=O)I. The molecule has 1 atom stereocenters. The van der Waals surface area contributed by atoms with Crippen LogP contribution in [-0.4, -0.2) is 39.4 Å². The maximum Gasteiger partial charge on any atom is 0.629 e. The summed E-state index contributed by atoms with van der Waals surface area (Å²) in [6.07, 6.45) is 0. The fraction of sp³-hybridized carbons (Fsp3) is 0.600. The second kappa shape index (κ2) is 2.97. The highest BCUT2D eigenvalue weighted by Crippen LogP contribution is 2.26. The van der Waals surface area contributed by atoms with E-state index in [1.54, 1.807) is 0 Å². The molecular formula is C5H7BINO4. The molecule has 0 saturated carbocycles. The first-order valence-electron chi connectivity index (χ1n) is 3.22. The van der Waals surface area contributed by atoms with Crippen LogP contribution in [0.1, 0.15) is 6.92 Å². The molecule has 0 amide bonds. The van der Waals surface area contributed by atoms with Crippen molar-refractivity contribution in [3.8, 4) is 0 Å². The van der Waals surface area contributed by atoms with Gasteiger partial charge in [0.2, 0.25) is 3.79 Å². The highest BCUT2D eigenvalue weighted by molar-refractivity contribution is 14.1. The smallest absolute Gasteiger partial charge is 0.494 e. The van der Waals surface area contributed by atoms with Gasteiger partial charge in [0.15, 0.2) is 5.54 Å². The Labute approximate surface area is 83.4 Å². The molecule has 1 N–H and O–H groups in total. The number of hydrogen-bond donors (Lipinski definition) is 1. The Hall–Kier alpha value is -0.145. The van der Waals surface area contributed by atoms with Crippen LogP contribution in [0.2, 0.25) is 0 Å². The summed E-state index contributed by atoms with van der Waals surface area (Å²) in [5, 5.41) is 9.08. The van der Waals surface area contributed by atoms with Crippen molar-refractivity contribution in [3.05, 3.63) is 0 Å². The van der Waals surface area contributed by atoms with E-state index in [9.17, 15) is 9.59 Å². The van der Waals surface area contributed by atoms with Crippen LogP contribution >= 0.6 is 22.6 Å². The van der Waals surface area contributed by atoms with Gasteiger partial charge in [0.1, 0.15) is 0 Å². The molecule has 1 fully saturated rings. The van der Waals surface area contributed by atoms with Gasteiger partial charge in [0.25, 0.3) is 0 Å². The predicted molar refractivity (Wildman–Crippen MR) is 49.3 cm³/mol. The van der Waals surface area contributed by atoms with Gasteiger partial charge in [-0.05, 0) is 14.0 Å². The van der Waals surface area contributed by atoms with Gasteiger partial charge in [-0.2, -0.15) is 0 Å². The van der Waals surface area contributed by atoms with Gasteiger partial charge in [-0.3, -0.25) is 14.4 Å². The van der Waals surface area contributed by atoms with E-state index in [-0.39, 0.29) is 3.79 Å². The maximum absolute atomic E-state index is 11.1. The number of carbonyl (C=O) groups is 2. The largest absolute Gasteiger partial charge is 0.629 e. The molecular weight excluding hydrogens is 276 g/mol. The van der Waals surface area contributed by atoms with Gasteiger partial charge in [0.05, 0.1) is 0 Å². The van der Waals surface area contributed by atoms with E-state index in [0.717, 1.165) is 0 Å². The summed E-state index contributed by atoms with van der Waals surface area (Å²) in [6.45, 7) is 1.42. The normalized spacial score (nSPS) is 30.7. The van der Waals surface area contributed by atoms with Crippen molar-refractivity contribution in [2.45, 2.75) is 12.5 Å². The zero-order valence-corrected chi connectivity index (χ0v) is 8.73. The van der Waals surface area contributed by atoms with E-state index in [4.69, 9.17) is 5.02 Å².